The number of nitrogens with one attached hydrogen (secondary N) is 1. The fourth-order valence-corrected chi connectivity index (χ4v) is 1.97. The Morgan fingerprint density at radius 2 is 2.06 bits per heavy atom. The van der Waals surface area contributed by atoms with E-state index >= 15 is 0 Å². The minimum atomic E-state index is 0.363. The van der Waals surface area contributed by atoms with E-state index in [1.165, 1.54) is 5.56 Å². The van der Waals surface area contributed by atoms with Crippen LogP contribution in [0.15, 0.2) is 24.3 Å². The van der Waals surface area contributed by atoms with Gasteiger partial charge in [-0.1, -0.05) is 32.9 Å². The van der Waals surface area contributed by atoms with Gasteiger partial charge in [-0.3, -0.25) is 0 Å². The number of phenolic OH excluding ortho intramolecular Hbond substituents is 1. The molecule has 1 atom stereocenters. The Bertz CT molecular complexity index is 309. The molecule has 1 aromatic rings. The number of phenols is 1. The van der Waals surface area contributed by atoms with Gasteiger partial charge < -0.3 is 10.4 Å². The Hall–Kier alpha value is -1.02. The molecule has 2 nitrogen and oxygen atoms in total. The van der Waals surface area contributed by atoms with Crippen LogP contribution in [0.25, 0.3) is 0 Å². The van der Waals surface area contributed by atoms with Crippen molar-refractivity contribution in [2.75, 3.05) is 6.54 Å². The molecule has 0 heterocycles. The van der Waals surface area contributed by atoms with Gasteiger partial charge in [0.2, 0.25) is 0 Å². The summed E-state index contributed by atoms with van der Waals surface area (Å²) >= 11 is 0. The molecular weight excluding hydrogens is 198 g/mol. The number of aryl methyl sites for hydroxylation is 1. The summed E-state index contributed by atoms with van der Waals surface area (Å²) in [5.74, 6) is 1.01. The van der Waals surface area contributed by atoms with Gasteiger partial charge in [0, 0.05) is 6.04 Å². The minimum absolute atomic E-state index is 0.363. The second-order valence-electron chi connectivity index (χ2n) is 4.62. The molecule has 0 fully saturated rings. The van der Waals surface area contributed by atoms with Crippen LogP contribution < -0.4 is 5.32 Å². The maximum absolute atomic E-state index is 9.38. The first-order chi connectivity index (χ1) is 7.63. The van der Waals surface area contributed by atoms with Gasteiger partial charge in [-0.05, 0) is 43.0 Å². The summed E-state index contributed by atoms with van der Waals surface area (Å²) in [7, 11) is 0. The molecule has 0 aliphatic carbocycles. The van der Waals surface area contributed by atoms with Crippen LogP contribution in [0, 0.1) is 5.92 Å². The molecule has 0 amide bonds. The summed E-state index contributed by atoms with van der Waals surface area (Å²) in [4.78, 5) is 0. The topological polar surface area (TPSA) is 32.3 Å². The fraction of sp³-hybridized carbons (Fsp3) is 0.571. The Kier molecular flexibility index (Phi) is 5.33. The zero-order chi connectivity index (χ0) is 12.0. The van der Waals surface area contributed by atoms with Crippen molar-refractivity contribution < 1.29 is 5.11 Å². The van der Waals surface area contributed by atoms with Gasteiger partial charge >= 0.3 is 0 Å². The normalized spacial score (nSPS) is 13.0. The number of hydrogen-bond donors (Lipinski definition) is 2. The maximum Gasteiger partial charge on any atom is 0.115 e. The Balaban J connectivity index is 2.48. The average molecular weight is 221 g/mol. The van der Waals surface area contributed by atoms with Gasteiger partial charge in [0.1, 0.15) is 5.75 Å². The van der Waals surface area contributed by atoms with Crippen LogP contribution in [0.5, 0.6) is 5.75 Å². The zero-order valence-electron chi connectivity index (χ0n) is 10.5. The van der Waals surface area contributed by atoms with Crippen molar-refractivity contribution in [1.82, 2.24) is 5.32 Å². The number of hydrogen-bond acceptors (Lipinski definition) is 2. The molecule has 90 valence electrons. The molecule has 0 aromatic heterocycles. The van der Waals surface area contributed by atoms with E-state index in [-0.39, 0.29) is 0 Å². The Labute approximate surface area is 98.7 Å². The third kappa shape index (κ3) is 4.23. The third-order valence-corrected chi connectivity index (χ3v) is 2.93. The lowest BCUT2D eigenvalue weighted by Crippen LogP contribution is -2.34. The van der Waals surface area contributed by atoms with E-state index in [9.17, 15) is 5.11 Å². The summed E-state index contributed by atoms with van der Waals surface area (Å²) in [6, 6.07) is 8.11. The Morgan fingerprint density at radius 1 is 1.31 bits per heavy atom. The smallest absolute Gasteiger partial charge is 0.115 e. The molecule has 0 saturated heterocycles. The molecule has 0 aliphatic heterocycles. The summed E-state index contributed by atoms with van der Waals surface area (Å²) in [6.45, 7) is 7.65. The predicted octanol–water partition coefficient (Wildman–Crippen LogP) is 2.96. The molecule has 1 rings (SSSR count). The van der Waals surface area contributed by atoms with Gasteiger partial charge in [0.05, 0.1) is 0 Å². The van der Waals surface area contributed by atoms with E-state index in [2.05, 4.69) is 32.2 Å². The molecule has 0 spiro atoms. The van der Waals surface area contributed by atoms with Crippen molar-refractivity contribution in [1.29, 1.82) is 0 Å². The van der Waals surface area contributed by atoms with Crippen molar-refractivity contribution in [3.8, 4) is 5.75 Å². The first-order valence-electron chi connectivity index (χ1n) is 6.14. The van der Waals surface area contributed by atoms with Crippen molar-refractivity contribution in [3.63, 3.8) is 0 Å². The SMILES string of the molecule is CCNC(CCc1cccc(O)c1)C(C)C. The van der Waals surface area contributed by atoms with Crippen LogP contribution >= 0.6 is 0 Å². The van der Waals surface area contributed by atoms with Gasteiger partial charge in [-0.2, -0.15) is 0 Å². The highest BCUT2D eigenvalue weighted by molar-refractivity contribution is 5.27. The van der Waals surface area contributed by atoms with Gasteiger partial charge in [-0.25, -0.2) is 0 Å². The van der Waals surface area contributed by atoms with Crippen LogP contribution in [0.3, 0.4) is 0 Å². The fourth-order valence-electron chi connectivity index (χ4n) is 1.97. The molecule has 1 unspecified atom stereocenters. The summed E-state index contributed by atoms with van der Waals surface area (Å²) in [5, 5.41) is 12.9. The highest BCUT2D eigenvalue weighted by Crippen LogP contribution is 2.15. The number of rotatable bonds is 6. The lowest BCUT2D eigenvalue weighted by atomic mass is 9.96. The largest absolute Gasteiger partial charge is 0.508 e. The van der Waals surface area contributed by atoms with E-state index < -0.39 is 0 Å². The van der Waals surface area contributed by atoms with E-state index in [1.54, 1.807) is 6.07 Å². The van der Waals surface area contributed by atoms with Crippen LogP contribution in [-0.4, -0.2) is 17.7 Å². The predicted molar refractivity (Wildman–Crippen MR) is 68.7 cm³/mol. The van der Waals surface area contributed by atoms with E-state index in [4.69, 9.17) is 0 Å². The van der Waals surface area contributed by atoms with E-state index in [1.807, 2.05) is 12.1 Å². The van der Waals surface area contributed by atoms with Crippen molar-refractivity contribution in [3.05, 3.63) is 29.8 Å². The second kappa shape index (κ2) is 6.54. The third-order valence-electron chi connectivity index (χ3n) is 2.93. The molecule has 0 saturated carbocycles. The molecule has 2 heteroatoms. The monoisotopic (exact) mass is 221 g/mol. The molecule has 2 N–H and O–H groups in total. The molecule has 16 heavy (non-hydrogen) atoms. The first kappa shape index (κ1) is 13.0. The summed E-state index contributed by atoms with van der Waals surface area (Å²) in [5.41, 5.74) is 1.21. The van der Waals surface area contributed by atoms with Crippen LogP contribution in [-0.2, 0) is 6.42 Å². The first-order valence-corrected chi connectivity index (χ1v) is 6.14. The van der Waals surface area contributed by atoms with Crippen molar-refractivity contribution in [2.45, 2.75) is 39.7 Å². The molecule has 0 radical (unpaired) electrons. The zero-order valence-corrected chi connectivity index (χ0v) is 10.5. The minimum Gasteiger partial charge on any atom is -0.508 e. The molecular formula is C14H23NO. The van der Waals surface area contributed by atoms with E-state index in [0.29, 0.717) is 17.7 Å². The van der Waals surface area contributed by atoms with Gasteiger partial charge in [0.15, 0.2) is 0 Å². The lowest BCUT2D eigenvalue weighted by molar-refractivity contribution is 0.385. The molecule has 0 aliphatic rings. The van der Waals surface area contributed by atoms with Crippen LogP contribution in [0.1, 0.15) is 32.8 Å². The maximum atomic E-state index is 9.38. The lowest BCUT2D eigenvalue weighted by Gasteiger charge is -2.21. The van der Waals surface area contributed by atoms with Gasteiger partial charge in [-0.15, -0.1) is 0 Å². The quantitative estimate of drug-likeness (QED) is 0.774. The number of aromatic hydroxyl groups is 1. The van der Waals surface area contributed by atoms with E-state index in [0.717, 1.165) is 19.4 Å². The van der Waals surface area contributed by atoms with Crippen LogP contribution in [0.2, 0.25) is 0 Å². The molecule has 1 aromatic carbocycles. The summed E-state index contributed by atoms with van der Waals surface area (Å²) < 4.78 is 0. The summed E-state index contributed by atoms with van der Waals surface area (Å²) in [6.07, 6.45) is 2.14. The second-order valence-corrected chi connectivity index (χ2v) is 4.62. The standard InChI is InChI=1S/C14H23NO/c1-4-15-14(11(2)3)9-8-12-6-5-7-13(16)10-12/h5-7,10-11,14-16H,4,8-9H2,1-3H3. The van der Waals surface area contributed by atoms with Gasteiger partial charge in [0.25, 0.3) is 0 Å². The highest BCUT2D eigenvalue weighted by atomic mass is 16.3. The molecule has 0 bridgehead atoms. The van der Waals surface area contributed by atoms with Crippen molar-refractivity contribution in [2.24, 2.45) is 5.92 Å². The van der Waals surface area contributed by atoms with Crippen molar-refractivity contribution >= 4 is 0 Å². The average Bonchev–Trinajstić information content (AvgIpc) is 2.24. The number of benzene rings is 1. The highest BCUT2D eigenvalue weighted by Gasteiger charge is 2.11. The Morgan fingerprint density at radius 3 is 2.62 bits per heavy atom. The van der Waals surface area contributed by atoms with Crippen LogP contribution in [0.4, 0.5) is 0 Å².